The minimum absolute atomic E-state index is 0.00921. The molecule has 4 rings (SSSR count). The molecule has 34 heavy (non-hydrogen) atoms. The molecule has 0 aromatic rings. The summed E-state index contributed by atoms with van der Waals surface area (Å²) in [5.74, 6) is -2.01. The van der Waals surface area contributed by atoms with Gasteiger partial charge in [-0.1, -0.05) is 53.9 Å². The summed E-state index contributed by atoms with van der Waals surface area (Å²) in [6.07, 6.45) is 9.10. The molecule has 1 aliphatic carbocycles. The van der Waals surface area contributed by atoms with E-state index in [9.17, 15) is 19.5 Å². The number of aliphatic hydroxyl groups excluding tert-OH is 1. The number of amides is 2. The number of alkyl halides is 1. The number of thioether (sulfide) groups is 1. The van der Waals surface area contributed by atoms with Crippen LogP contribution in [-0.2, 0) is 19.1 Å². The van der Waals surface area contributed by atoms with Crippen LogP contribution in [0.15, 0.2) is 25.3 Å². The monoisotopic (exact) mass is 554 g/mol. The first kappa shape index (κ1) is 25.8. The lowest BCUT2D eigenvalue weighted by Gasteiger charge is -2.42. The summed E-state index contributed by atoms with van der Waals surface area (Å²) in [5.41, 5.74) is 0. The number of fused-ring (bicyclic) bond motifs is 1. The second-order valence-electron chi connectivity index (χ2n) is 9.93. The molecule has 7 atom stereocenters. The van der Waals surface area contributed by atoms with Crippen molar-refractivity contribution in [1.82, 2.24) is 9.80 Å². The third-order valence-electron chi connectivity index (χ3n) is 7.94. The van der Waals surface area contributed by atoms with Gasteiger partial charge in [-0.15, -0.1) is 18.3 Å². The molecule has 3 unspecified atom stereocenters. The Hall–Kier alpha value is -1.32. The SMILES string of the molecule is C=CCOC(=O)[C@H]1[C@H]2C(=O)N([C@H](C)CO)C(C(=O)N(CC=C)C3CCCCC3)C23CC(Br)[C@@H]1S3. The first-order valence-corrected chi connectivity index (χ1v) is 14.1. The Labute approximate surface area is 214 Å². The molecule has 2 amide bonds. The minimum atomic E-state index is -0.735. The van der Waals surface area contributed by atoms with E-state index in [0.717, 1.165) is 25.7 Å². The maximum atomic E-state index is 14.3. The molecule has 188 valence electrons. The molecule has 1 N–H and O–H groups in total. The maximum Gasteiger partial charge on any atom is 0.311 e. The van der Waals surface area contributed by atoms with Gasteiger partial charge in [0.2, 0.25) is 11.8 Å². The third kappa shape index (κ3) is 4.05. The van der Waals surface area contributed by atoms with Gasteiger partial charge in [0.05, 0.1) is 29.2 Å². The largest absolute Gasteiger partial charge is 0.461 e. The summed E-state index contributed by atoms with van der Waals surface area (Å²) in [5, 5.41) is 9.88. The summed E-state index contributed by atoms with van der Waals surface area (Å²) in [6.45, 7) is 9.52. The minimum Gasteiger partial charge on any atom is -0.461 e. The highest BCUT2D eigenvalue weighted by Gasteiger charge is 2.76. The molecular weight excluding hydrogens is 520 g/mol. The summed E-state index contributed by atoms with van der Waals surface area (Å²) >= 11 is 5.34. The molecule has 3 heterocycles. The zero-order valence-electron chi connectivity index (χ0n) is 19.7. The Bertz CT molecular complexity index is 849. The molecular formula is C25H35BrN2O5S. The Morgan fingerprint density at radius 1 is 1.32 bits per heavy atom. The maximum absolute atomic E-state index is 14.3. The second kappa shape index (κ2) is 10.3. The molecule has 7 nitrogen and oxygen atoms in total. The molecule has 0 radical (unpaired) electrons. The standard InChI is InChI=1S/C25H35BrN2O5S/c1-4-11-27(16-9-7-6-8-10-16)23(31)21-25-13-17(26)20(34-25)18(24(32)33-12-5-2)19(25)22(30)28(21)15(3)14-29/h4-5,15-21,29H,1-2,6-14H2,3H3/t15-,17?,18+,19+,20+,21?,25?/m1/s1. The van der Waals surface area contributed by atoms with E-state index in [2.05, 4.69) is 29.1 Å². The lowest BCUT2D eigenvalue weighted by Crippen LogP contribution is -2.59. The number of aliphatic hydroxyl groups is 1. The zero-order valence-corrected chi connectivity index (χ0v) is 22.1. The second-order valence-corrected chi connectivity index (χ2v) is 12.6. The number of hydrogen-bond acceptors (Lipinski definition) is 6. The summed E-state index contributed by atoms with van der Waals surface area (Å²) < 4.78 is 4.67. The summed E-state index contributed by atoms with van der Waals surface area (Å²) in [4.78, 5) is 44.8. The van der Waals surface area contributed by atoms with E-state index >= 15 is 0 Å². The highest BCUT2D eigenvalue weighted by atomic mass is 79.9. The summed E-state index contributed by atoms with van der Waals surface area (Å²) in [7, 11) is 0. The lowest BCUT2D eigenvalue weighted by molar-refractivity contribution is -0.153. The molecule has 0 aromatic carbocycles. The molecule has 9 heteroatoms. The van der Waals surface area contributed by atoms with Gasteiger partial charge in [-0.2, -0.15) is 0 Å². The number of likely N-dealkylation sites (tertiary alicyclic amines) is 1. The fourth-order valence-electron chi connectivity index (χ4n) is 6.52. The number of carbonyl (C=O) groups is 3. The molecule has 3 aliphatic heterocycles. The van der Waals surface area contributed by atoms with Gasteiger partial charge < -0.3 is 19.6 Å². The molecule has 0 aromatic heterocycles. The quantitative estimate of drug-likeness (QED) is 0.268. The van der Waals surface area contributed by atoms with Crippen molar-refractivity contribution in [3.05, 3.63) is 25.3 Å². The zero-order chi connectivity index (χ0) is 24.6. The van der Waals surface area contributed by atoms with Crippen LogP contribution < -0.4 is 0 Å². The highest BCUT2D eigenvalue weighted by Crippen LogP contribution is 2.68. The number of halogens is 1. The van der Waals surface area contributed by atoms with E-state index in [1.54, 1.807) is 29.7 Å². The van der Waals surface area contributed by atoms with Gasteiger partial charge in [0.25, 0.3) is 0 Å². The molecule has 1 saturated carbocycles. The average molecular weight is 556 g/mol. The van der Waals surface area contributed by atoms with E-state index in [1.807, 2.05) is 4.90 Å². The lowest BCUT2D eigenvalue weighted by atomic mass is 9.71. The molecule has 1 spiro atoms. The number of hydrogen-bond donors (Lipinski definition) is 1. The number of rotatable bonds is 9. The average Bonchev–Trinajstić information content (AvgIpc) is 3.44. The predicted molar refractivity (Wildman–Crippen MR) is 136 cm³/mol. The molecule has 4 aliphatic rings. The first-order valence-electron chi connectivity index (χ1n) is 12.3. The molecule has 4 fully saturated rings. The van der Waals surface area contributed by atoms with Crippen molar-refractivity contribution in [2.75, 3.05) is 19.8 Å². The molecule has 3 saturated heterocycles. The van der Waals surface area contributed by atoms with E-state index < -0.39 is 34.6 Å². The fourth-order valence-corrected chi connectivity index (χ4v) is 10.1. The van der Waals surface area contributed by atoms with E-state index in [4.69, 9.17) is 4.74 Å². The van der Waals surface area contributed by atoms with Crippen LogP contribution in [0, 0.1) is 11.8 Å². The van der Waals surface area contributed by atoms with Gasteiger partial charge >= 0.3 is 5.97 Å². The smallest absolute Gasteiger partial charge is 0.311 e. The fraction of sp³-hybridized carbons (Fsp3) is 0.720. The number of ether oxygens (including phenoxy) is 1. The van der Waals surface area contributed by atoms with Crippen molar-refractivity contribution < 1.29 is 24.2 Å². The van der Waals surface area contributed by atoms with Gasteiger partial charge in [-0.25, -0.2) is 0 Å². The summed E-state index contributed by atoms with van der Waals surface area (Å²) in [6, 6.07) is -1.15. The van der Waals surface area contributed by atoms with Crippen LogP contribution in [0.1, 0.15) is 45.4 Å². The Morgan fingerprint density at radius 2 is 2.03 bits per heavy atom. The normalized spacial score (nSPS) is 35.7. The van der Waals surface area contributed by atoms with Gasteiger partial charge in [-0.05, 0) is 26.2 Å². The van der Waals surface area contributed by atoms with Crippen LogP contribution in [0.25, 0.3) is 0 Å². The van der Waals surface area contributed by atoms with Crippen molar-refractivity contribution >= 4 is 45.5 Å². The van der Waals surface area contributed by atoms with Crippen LogP contribution in [0.4, 0.5) is 0 Å². The highest BCUT2D eigenvalue weighted by molar-refractivity contribution is 9.09. The van der Waals surface area contributed by atoms with Gasteiger partial charge in [0, 0.05) is 22.7 Å². The van der Waals surface area contributed by atoms with Crippen molar-refractivity contribution in [3.63, 3.8) is 0 Å². The van der Waals surface area contributed by atoms with Crippen molar-refractivity contribution in [2.24, 2.45) is 11.8 Å². The van der Waals surface area contributed by atoms with Crippen molar-refractivity contribution in [3.8, 4) is 0 Å². The Balaban J connectivity index is 1.75. The van der Waals surface area contributed by atoms with Crippen LogP contribution in [-0.4, -0.2) is 85.4 Å². The predicted octanol–water partition coefficient (Wildman–Crippen LogP) is 2.91. The number of nitrogens with zero attached hydrogens (tertiary/aromatic N) is 2. The van der Waals surface area contributed by atoms with E-state index in [1.165, 1.54) is 12.5 Å². The molecule has 2 bridgehead atoms. The van der Waals surface area contributed by atoms with Crippen LogP contribution in [0.3, 0.4) is 0 Å². The van der Waals surface area contributed by atoms with E-state index in [0.29, 0.717) is 13.0 Å². The van der Waals surface area contributed by atoms with Crippen LogP contribution in [0.5, 0.6) is 0 Å². The van der Waals surface area contributed by atoms with Gasteiger partial charge in [0.1, 0.15) is 12.6 Å². The van der Waals surface area contributed by atoms with Crippen molar-refractivity contribution in [2.45, 2.75) is 78.4 Å². The Morgan fingerprint density at radius 3 is 2.65 bits per heavy atom. The van der Waals surface area contributed by atoms with Crippen LogP contribution >= 0.6 is 27.7 Å². The number of carbonyl (C=O) groups excluding carboxylic acids is 3. The third-order valence-corrected chi connectivity index (χ3v) is 11.2. The first-order chi connectivity index (χ1) is 16.3. The van der Waals surface area contributed by atoms with Crippen molar-refractivity contribution in [1.29, 1.82) is 0 Å². The van der Waals surface area contributed by atoms with E-state index in [-0.39, 0.29) is 41.1 Å². The van der Waals surface area contributed by atoms with Gasteiger partial charge in [-0.3, -0.25) is 14.4 Å². The Kier molecular flexibility index (Phi) is 7.84. The van der Waals surface area contributed by atoms with Gasteiger partial charge in [0.15, 0.2) is 0 Å². The van der Waals surface area contributed by atoms with Crippen LogP contribution in [0.2, 0.25) is 0 Å². The number of esters is 1. The topological polar surface area (TPSA) is 87.1 Å².